The van der Waals surface area contributed by atoms with Crippen molar-refractivity contribution in [1.82, 2.24) is 20.1 Å². The SMILES string of the molecule is O=C(c1cc(-c2ccccn2)n[nH]1)N1CCCC(O)(c2ccc(F)cc2)CC1. The number of rotatable bonds is 3. The summed E-state index contributed by atoms with van der Waals surface area (Å²) in [6.07, 6.45) is 3.24. The summed E-state index contributed by atoms with van der Waals surface area (Å²) in [6.45, 7) is 0.949. The van der Waals surface area contributed by atoms with Gasteiger partial charge in [0.1, 0.15) is 17.2 Å². The summed E-state index contributed by atoms with van der Waals surface area (Å²) in [6, 6.07) is 13.1. The highest BCUT2D eigenvalue weighted by atomic mass is 19.1. The van der Waals surface area contributed by atoms with E-state index >= 15 is 0 Å². The Hall–Kier alpha value is -3.06. The van der Waals surface area contributed by atoms with Gasteiger partial charge in [0, 0.05) is 19.3 Å². The summed E-state index contributed by atoms with van der Waals surface area (Å²) >= 11 is 0. The molecule has 0 aliphatic carbocycles. The van der Waals surface area contributed by atoms with E-state index in [0.717, 1.165) is 0 Å². The molecule has 4 rings (SSSR count). The molecule has 6 nitrogen and oxygen atoms in total. The van der Waals surface area contributed by atoms with Gasteiger partial charge >= 0.3 is 0 Å². The van der Waals surface area contributed by atoms with Crippen LogP contribution in [-0.2, 0) is 5.60 Å². The summed E-state index contributed by atoms with van der Waals surface area (Å²) in [4.78, 5) is 18.9. The van der Waals surface area contributed by atoms with Crippen molar-refractivity contribution in [2.24, 2.45) is 0 Å². The van der Waals surface area contributed by atoms with Crippen molar-refractivity contribution >= 4 is 5.91 Å². The molecule has 0 saturated carbocycles. The lowest BCUT2D eigenvalue weighted by Gasteiger charge is -2.27. The van der Waals surface area contributed by atoms with Gasteiger partial charge in [-0.25, -0.2) is 4.39 Å². The molecule has 0 radical (unpaired) electrons. The van der Waals surface area contributed by atoms with Crippen LogP contribution < -0.4 is 0 Å². The molecule has 0 bridgehead atoms. The number of H-pyrrole nitrogens is 1. The van der Waals surface area contributed by atoms with E-state index in [1.54, 1.807) is 29.3 Å². The number of likely N-dealkylation sites (tertiary alicyclic amines) is 1. The number of nitrogens with one attached hydrogen (secondary N) is 1. The standard InChI is InChI=1S/C21H21FN4O2/c22-16-7-5-15(6-8-16)21(28)9-3-12-26(13-10-21)20(27)19-14-18(24-25-19)17-4-1-2-11-23-17/h1-2,4-8,11,14,28H,3,9-10,12-13H2,(H,24,25). The van der Waals surface area contributed by atoms with Gasteiger partial charge in [-0.15, -0.1) is 0 Å². The summed E-state index contributed by atoms with van der Waals surface area (Å²) in [5, 5.41) is 18.0. The van der Waals surface area contributed by atoms with E-state index < -0.39 is 5.60 Å². The molecule has 3 aromatic rings. The van der Waals surface area contributed by atoms with Gasteiger partial charge in [0.15, 0.2) is 0 Å². The van der Waals surface area contributed by atoms with Gasteiger partial charge in [-0.1, -0.05) is 18.2 Å². The summed E-state index contributed by atoms with van der Waals surface area (Å²) in [5.74, 6) is -0.487. The van der Waals surface area contributed by atoms with E-state index in [2.05, 4.69) is 15.2 Å². The number of aromatic amines is 1. The Bertz CT molecular complexity index is 958. The molecule has 2 N–H and O–H groups in total. The Balaban J connectivity index is 1.48. The second-order valence-corrected chi connectivity index (χ2v) is 7.07. The van der Waals surface area contributed by atoms with Crippen molar-refractivity contribution in [3.8, 4) is 11.4 Å². The van der Waals surface area contributed by atoms with Crippen LogP contribution in [0.2, 0.25) is 0 Å². The Morgan fingerprint density at radius 2 is 1.93 bits per heavy atom. The monoisotopic (exact) mass is 380 g/mol. The first kappa shape index (κ1) is 18.3. The molecule has 1 amide bonds. The van der Waals surface area contributed by atoms with Crippen LogP contribution in [0, 0.1) is 5.82 Å². The molecule has 1 saturated heterocycles. The topological polar surface area (TPSA) is 82.1 Å². The van der Waals surface area contributed by atoms with Crippen LogP contribution in [0.3, 0.4) is 0 Å². The van der Waals surface area contributed by atoms with Crippen molar-refractivity contribution in [2.75, 3.05) is 13.1 Å². The number of aliphatic hydroxyl groups is 1. The highest BCUT2D eigenvalue weighted by Gasteiger charge is 2.33. The number of nitrogens with zero attached hydrogens (tertiary/aromatic N) is 3. The maximum atomic E-state index is 13.2. The van der Waals surface area contributed by atoms with Crippen molar-refractivity contribution in [2.45, 2.75) is 24.9 Å². The molecule has 1 aliphatic rings. The number of carbonyl (C=O) groups is 1. The maximum absolute atomic E-state index is 13.2. The Labute approximate surface area is 162 Å². The van der Waals surface area contributed by atoms with E-state index in [1.165, 1.54) is 12.1 Å². The van der Waals surface area contributed by atoms with E-state index in [0.29, 0.717) is 55.0 Å². The van der Waals surface area contributed by atoms with Crippen LogP contribution in [0.25, 0.3) is 11.4 Å². The summed E-state index contributed by atoms with van der Waals surface area (Å²) < 4.78 is 13.2. The van der Waals surface area contributed by atoms with Crippen LogP contribution in [0.1, 0.15) is 35.3 Å². The first-order valence-corrected chi connectivity index (χ1v) is 9.30. The maximum Gasteiger partial charge on any atom is 0.271 e. The molecule has 7 heteroatoms. The van der Waals surface area contributed by atoms with Gasteiger partial charge < -0.3 is 10.0 Å². The fraction of sp³-hybridized carbons (Fsp3) is 0.286. The number of amides is 1. The minimum Gasteiger partial charge on any atom is -0.385 e. The Morgan fingerprint density at radius 1 is 1.11 bits per heavy atom. The Kier molecular flexibility index (Phi) is 4.92. The molecule has 144 valence electrons. The molecule has 0 spiro atoms. The minimum atomic E-state index is -1.06. The van der Waals surface area contributed by atoms with Crippen molar-refractivity contribution in [3.05, 3.63) is 71.8 Å². The zero-order valence-electron chi connectivity index (χ0n) is 15.3. The zero-order chi connectivity index (χ0) is 19.6. The number of halogens is 1. The first-order valence-electron chi connectivity index (χ1n) is 9.30. The van der Waals surface area contributed by atoms with E-state index in [-0.39, 0.29) is 11.7 Å². The highest BCUT2D eigenvalue weighted by Crippen LogP contribution is 2.33. The second-order valence-electron chi connectivity index (χ2n) is 7.07. The van der Waals surface area contributed by atoms with E-state index in [9.17, 15) is 14.3 Å². The van der Waals surface area contributed by atoms with Gasteiger partial charge in [0.25, 0.3) is 5.91 Å². The van der Waals surface area contributed by atoms with E-state index in [4.69, 9.17) is 0 Å². The van der Waals surface area contributed by atoms with Crippen LogP contribution in [0.4, 0.5) is 4.39 Å². The van der Waals surface area contributed by atoms with Gasteiger partial charge in [-0.05, 0) is 55.2 Å². The molecular formula is C21H21FN4O2. The largest absolute Gasteiger partial charge is 0.385 e. The van der Waals surface area contributed by atoms with Crippen molar-refractivity contribution in [3.63, 3.8) is 0 Å². The predicted octanol–water partition coefficient (Wildman–Crippen LogP) is 3.12. The molecule has 1 unspecified atom stereocenters. The third-order valence-corrected chi connectivity index (χ3v) is 5.22. The fourth-order valence-electron chi connectivity index (χ4n) is 3.62. The number of carbonyl (C=O) groups excluding carboxylic acids is 1. The van der Waals surface area contributed by atoms with Crippen LogP contribution >= 0.6 is 0 Å². The third kappa shape index (κ3) is 3.66. The van der Waals surface area contributed by atoms with E-state index in [1.807, 2.05) is 18.2 Å². The summed E-state index contributed by atoms with van der Waals surface area (Å²) in [5.41, 5.74) is 1.33. The molecule has 2 aromatic heterocycles. The zero-order valence-corrected chi connectivity index (χ0v) is 15.3. The number of pyridine rings is 1. The lowest BCUT2D eigenvalue weighted by atomic mass is 9.87. The van der Waals surface area contributed by atoms with Gasteiger partial charge in [-0.3, -0.25) is 14.9 Å². The number of hydrogen-bond donors (Lipinski definition) is 2. The first-order chi connectivity index (χ1) is 13.5. The molecule has 1 aliphatic heterocycles. The van der Waals surface area contributed by atoms with Crippen LogP contribution in [0.15, 0.2) is 54.7 Å². The predicted molar refractivity (Wildman–Crippen MR) is 102 cm³/mol. The molecular weight excluding hydrogens is 359 g/mol. The quantitative estimate of drug-likeness (QED) is 0.731. The number of aromatic nitrogens is 3. The minimum absolute atomic E-state index is 0.155. The number of benzene rings is 1. The third-order valence-electron chi connectivity index (χ3n) is 5.22. The lowest BCUT2D eigenvalue weighted by Crippen LogP contribution is -2.34. The molecule has 1 fully saturated rings. The van der Waals surface area contributed by atoms with Crippen LogP contribution in [-0.4, -0.2) is 44.2 Å². The molecule has 1 aromatic carbocycles. The molecule has 3 heterocycles. The summed E-state index contributed by atoms with van der Waals surface area (Å²) in [7, 11) is 0. The van der Waals surface area contributed by atoms with Crippen molar-refractivity contribution in [1.29, 1.82) is 0 Å². The molecule has 1 atom stereocenters. The van der Waals surface area contributed by atoms with Gasteiger partial charge in [0.05, 0.1) is 11.3 Å². The normalized spacial score (nSPS) is 20.0. The van der Waals surface area contributed by atoms with Gasteiger partial charge in [0.2, 0.25) is 0 Å². The number of hydrogen-bond acceptors (Lipinski definition) is 4. The second kappa shape index (κ2) is 7.52. The highest BCUT2D eigenvalue weighted by molar-refractivity contribution is 5.93. The average Bonchev–Trinajstić information content (AvgIpc) is 3.13. The van der Waals surface area contributed by atoms with Crippen molar-refractivity contribution < 1.29 is 14.3 Å². The Morgan fingerprint density at radius 3 is 2.68 bits per heavy atom. The average molecular weight is 380 g/mol. The van der Waals surface area contributed by atoms with Gasteiger partial charge in [-0.2, -0.15) is 5.10 Å². The smallest absolute Gasteiger partial charge is 0.271 e. The lowest BCUT2D eigenvalue weighted by molar-refractivity contribution is 0.0212. The fourth-order valence-corrected chi connectivity index (χ4v) is 3.62. The van der Waals surface area contributed by atoms with Crippen LogP contribution in [0.5, 0.6) is 0 Å². The molecule has 28 heavy (non-hydrogen) atoms.